The quantitative estimate of drug-likeness (QED) is 0.869. The molecule has 0 bridgehead atoms. The summed E-state index contributed by atoms with van der Waals surface area (Å²) in [5.41, 5.74) is 9.09. The normalized spacial score (nSPS) is 10.1. The van der Waals surface area contributed by atoms with E-state index in [9.17, 15) is 4.39 Å². The highest BCUT2D eigenvalue weighted by molar-refractivity contribution is 5.53. The third-order valence-corrected chi connectivity index (χ3v) is 3.12. The SMILES string of the molecule is Cc1cc(OCc2cc(C#N)ccc2F)c(C)cc1N. The van der Waals surface area contributed by atoms with Crippen molar-refractivity contribution < 1.29 is 9.13 Å². The lowest BCUT2D eigenvalue weighted by atomic mass is 10.1. The van der Waals surface area contributed by atoms with E-state index in [1.54, 1.807) is 0 Å². The Morgan fingerprint density at radius 2 is 1.95 bits per heavy atom. The molecule has 0 aromatic heterocycles. The Bertz CT molecular complexity index is 690. The zero-order chi connectivity index (χ0) is 14.7. The molecule has 2 aromatic rings. The Balaban J connectivity index is 2.21. The van der Waals surface area contributed by atoms with Crippen LogP contribution in [0.1, 0.15) is 22.3 Å². The van der Waals surface area contributed by atoms with E-state index in [2.05, 4.69) is 0 Å². The van der Waals surface area contributed by atoms with Crippen LogP contribution in [0, 0.1) is 31.0 Å². The number of rotatable bonds is 3. The molecule has 0 atom stereocenters. The number of hydrogen-bond donors (Lipinski definition) is 1. The number of nitrogen functional groups attached to an aromatic ring is 1. The summed E-state index contributed by atoms with van der Waals surface area (Å²) < 4.78 is 19.3. The van der Waals surface area contributed by atoms with Crippen LogP contribution in [0.15, 0.2) is 30.3 Å². The first kappa shape index (κ1) is 13.9. The van der Waals surface area contributed by atoms with E-state index in [1.165, 1.54) is 18.2 Å². The fourth-order valence-electron chi connectivity index (χ4n) is 1.88. The van der Waals surface area contributed by atoms with Gasteiger partial charge < -0.3 is 10.5 Å². The highest BCUT2D eigenvalue weighted by Gasteiger charge is 2.07. The highest BCUT2D eigenvalue weighted by atomic mass is 19.1. The molecule has 3 nitrogen and oxygen atoms in total. The summed E-state index contributed by atoms with van der Waals surface area (Å²) in [7, 11) is 0. The second kappa shape index (κ2) is 5.62. The predicted molar refractivity (Wildman–Crippen MR) is 75.8 cm³/mol. The van der Waals surface area contributed by atoms with Crippen LogP contribution in [-0.4, -0.2) is 0 Å². The van der Waals surface area contributed by atoms with Crippen molar-refractivity contribution in [2.75, 3.05) is 5.73 Å². The van der Waals surface area contributed by atoms with Crippen LogP contribution in [0.25, 0.3) is 0 Å². The van der Waals surface area contributed by atoms with Gasteiger partial charge in [0.1, 0.15) is 18.2 Å². The Morgan fingerprint density at radius 3 is 2.65 bits per heavy atom. The van der Waals surface area contributed by atoms with E-state index in [0.29, 0.717) is 22.6 Å². The van der Waals surface area contributed by atoms with Gasteiger partial charge in [0, 0.05) is 11.3 Å². The summed E-state index contributed by atoms with van der Waals surface area (Å²) >= 11 is 0. The predicted octanol–water partition coefficient (Wildman–Crippen LogP) is 3.48. The number of halogens is 1. The molecule has 2 N–H and O–H groups in total. The van der Waals surface area contributed by atoms with Gasteiger partial charge in [-0.25, -0.2) is 4.39 Å². The second-order valence-corrected chi connectivity index (χ2v) is 4.68. The minimum Gasteiger partial charge on any atom is -0.489 e. The first-order chi connectivity index (χ1) is 9.51. The van der Waals surface area contributed by atoms with Crippen LogP contribution >= 0.6 is 0 Å². The molecule has 0 radical (unpaired) electrons. The zero-order valence-corrected chi connectivity index (χ0v) is 11.4. The summed E-state index contributed by atoms with van der Waals surface area (Å²) in [6, 6.07) is 9.85. The summed E-state index contributed by atoms with van der Waals surface area (Å²) in [6.07, 6.45) is 0. The van der Waals surface area contributed by atoms with Gasteiger partial charge in [-0.15, -0.1) is 0 Å². The molecular formula is C16H15FN2O. The van der Waals surface area contributed by atoms with Crippen molar-refractivity contribution in [3.05, 3.63) is 58.4 Å². The summed E-state index contributed by atoms with van der Waals surface area (Å²) in [5.74, 6) is 0.285. The minimum atomic E-state index is -0.381. The molecule has 0 heterocycles. The van der Waals surface area contributed by atoms with Gasteiger partial charge in [0.05, 0.1) is 11.6 Å². The molecule has 0 saturated carbocycles. The van der Waals surface area contributed by atoms with E-state index in [-0.39, 0.29) is 12.4 Å². The Morgan fingerprint density at radius 1 is 1.20 bits per heavy atom. The number of anilines is 1. The number of nitrogens with two attached hydrogens (primary N) is 1. The van der Waals surface area contributed by atoms with Crippen LogP contribution in [0.3, 0.4) is 0 Å². The van der Waals surface area contributed by atoms with Gasteiger partial charge in [0.25, 0.3) is 0 Å². The number of ether oxygens (including phenoxy) is 1. The molecular weight excluding hydrogens is 255 g/mol. The van der Waals surface area contributed by atoms with Gasteiger partial charge in [0.15, 0.2) is 0 Å². The van der Waals surface area contributed by atoms with Gasteiger partial charge in [-0.3, -0.25) is 0 Å². The maximum atomic E-state index is 13.6. The van der Waals surface area contributed by atoms with E-state index < -0.39 is 0 Å². The second-order valence-electron chi connectivity index (χ2n) is 4.68. The molecule has 102 valence electrons. The monoisotopic (exact) mass is 270 g/mol. The fourth-order valence-corrected chi connectivity index (χ4v) is 1.88. The average molecular weight is 270 g/mol. The maximum Gasteiger partial charge on any atom is 0.129 e. The molecule has 0 aliphatic heterocycles. The van der Waals surface area contributed by atoms with E-state index >= 15 is 0 Å². The topological polar surface area (TPSA) is 59.0 Å². The van der Waals surface area contributed by atoms with Crippen molar-refractivity contribution in [3.8, 4) is 11.8 Å². The van der Waals surface area contributed by atoms with Crippen molar-refractivity contribution in [2.45, 2.75) is 20.5 Å². The molecule has 0 aliphatic rings. The lowest BCUT2D eigenvalue weighted by molar-refractivity contribution is 0.297. The Hall–Kier alpha value is -2.54. The average Bonchev–Trinajstić information content (AvgIpc) is 2.43. The van der Waals surface area contributed by atoms with E-state index in [4.69, 9.17) is 15.7 Å². The largest absolute Gasteiger partial charge is 0.489 e. The van der Waals surface area contributed by atoms with Gasteiger partial charge in [-0.2, -0.15) is 5.26 Å². The number of hydrogen-bond acceptors (Lipinski definition) is 3. The van der Waals surface area contributed by atoms with Gasteiger partial charge in [-0.05, 0) is 55.3 Å². The van der Waals surface area contributed by atoms with E-state index in [0.717, 1.165) is 11.1 Å². The van der Waals surface area contributed by atoms with Crippen molar-refractivity contribution in [1.29, 1.82) is 5.26 Å². The van der Waals surface area contributed by atoms with Crippen molar-refractivity contribution >= 4 is 5.69 Å². The molecule has 0 amide bonds. The van der Waals surface area contributed by atoms with Crippen molar-refractivity contribution in [2.24, 2.45) is 0 Å². The van der Waals surface area contributed by atoms with Crippen LogP contribution in [0.4, 0.5) is 10.1 Å². The number of benzene rings is 2. The molecule has 0 aliphatic carbocycles. The van der Waals surface area contributed by atoms with Crippen LogP contribution in [-0.2, 0) is 6.61 Å². The molecule has 0 unspecified atom stereocenters. The van der Waals surface area contributed by atoms with Crippen LogP contribution in [0.2, 0.25) is 0 Å². The maximum absolute atomic E-state index is 13.6. The van der Waals surface area contributed by atoms with Gasteiger partial charge >= 0.3 is 0 Å². The smallest absolute Gasteiger partial charge is 0.129 e. The Kier molecular flexibility index (Phi) is 3.90. The highest BCUT2D eigenvalue weighted by Crippen LogP contribution is 2.25. The molecule has 20 heavy (non-hydrogen) atoms. The standard InChI is InChI=1S/C16H15FN2O/c1-10-6-16(11(2)5-15(10)19)20-9-13-7-12(8-18)3-4-14(13)17/h3-7H,9,19H2,1-2H3. The van der Waals surface area contributed by atoms with Gasteiger partial charge in [0.2, 0.25) is 0 Å². The van der Waals surface area contributed by atoms with E-state index in [1.807, 2.05) is 32.0 Å². The number of nitriles is 1. The molecule has 0 fully saturated rings. The van der Waals surface area contributed by atoms with Crippen molar-refractivity contribution in [3.63, 3.8) is 0 Å². The zero-order valence-electron chi connectivity index (χ0n) is 11.4. The summed E-state index contributed by atoms with van der Waals surface area (Å²) in [4.78, 5) is 0. The first-order valence-electron chi connectivity index (χ1n) is 6.19. The lowest BCUT2D eigenvalue weighted by Crippen LogP contribution is -2.01. The van der Waals surface area contributed by atoms with Crippen LogP contribution < -0.4 is 10.5 Å². The molecule has 2 rings (SSSR count). The third kappa shape index (κ3) is 2.89. The number of nitrogens with zero attached hydrogens (tertiary/aromatic N) is 1. The Labute approximate surface area is 117 Å². The fraction of sp³-hybridized carbons (Fsp3) is 0.188. The lowest BCUT2D eigenvalue weighted by Gasteiger charge is -2.12. The molecule has 0 saturated heterocycles. The minimum absolute atomic E-state index is 0.0750. The van der Waals surface area contributed by atoms with Crippen molar-refractivity contribution in [1.82, 2.24) is 0 Å². The first-order valence-corrected chi connectivity index (χ1v) is 6.19. The molecule has 0 spiro atoms. The summed E-state index contributed by atoms with van der Waals surface area (Å²) in [5, 5.41) is 8.82. The third-order valence-electron chi connectivity index (χ3n) is 3.12. The van der Waals surface area contributed by atoms with Gasteiger partial charge in [-0.1, -0.05) is 0 Å². The molecule has 4 heteroatoms. The summed E-state index contributed by atoms with van der Waals surface area (Å²) in [6.45, 7) is 3.84. The molecule has 2 aromatic carbocycles. The van der Waals surface area contributed by atoms with Crippen LogP contribution in [0.5, 0.6) is 5.75 Å². The number of aryl methyl sites for hydroxylation is 2.